The van der Waals surface area contributed by atoms with E-state index in [2.05, 4.69) is 4.98 Å². The Morgan fingerprint density at radius 2 is 2.21 bits per heavy atom. The molecule has 28 heavy (non-hydrogen) atoms. The van der Waals surface area contributed by atoms with Gasteiger partial charge in [0.25, 0.3) is 0 Å². The number of amides is 1. The Bertz CT molecular complexity index is 927. The van der Waals surface area contributed by atoms with Gasteiger partial charge in [-0.1, -0.05) is 6.07 Å². The molecule has 2 N–H and O–H groups in total. The predicted octanol–water partition coefficient (Wildman–Crippen LogP) is 1.40. The molecule has 0 spiro atoms. The van der Waals surface area contributed by atoms with Crippen molar-refractivity contribution in [3.05, 3.63) is 39.3 Å². The van der Waals surface area contributed by atoms with Gasteiger partial charge in [-0.2, -0.15) is 0 Å². The summed E-state index contributed by atoms with van der Waals surface area (Å²) in [5.41, 5.74) is 1.41. The van der Waals surface area contributed by atoms with Crippen molar-refractivity contribution in [2.24, 2.45) is 0 Å². The maximum atomic E-state index is 12.3. The SMILES string of the molecule is Cc1nc(CC(=O)N2CC(Oc3ccc4c(c3C(=O)O)OB(O)CC4)C2)cs1. The summed E-state index contributed by atoms with van der Waals surface area (Å²) in [6.07, 6.45) is 0.927. The minimum Gasteiger partial charge on any atom is -0.535 e. The van der Waals surface area contributed by atoms with E-state index in [0.29, 0.717) is 25.8 Å². The van der Waals surface area contributed by atoms with Crippen LogP contribution < -0.4 is 9.39 Å². The number of thiazole rings is 1. The number of carboxylic acids is 1. The summed E-state index contributed by atoms with van der Waals surface area (Å²) in [6.45, 7) is 2.68. The molecule has 0 radical (unpaired) electrons. The first kappa shape index (κ1) is 18.8. The number of hydrogen-bond acceptors (Lipinski definition) is 7. The highest BCUT2D eigenvalue weighted by Gasteiger charge is 2.35. The molecule has 2 aliphatic heterocycles. The molecule has 2 aromatic rings. The number of hydrogen-bond donors (Lipinski definition) is 2. The van der Waals surface area contributed by atoms with Gasteiger partial charge in [-0.25, -0.2) is 9.78 Å². The molecule has 8 nitrogen and oxygen atoms in total. The second-order valence-corrected chi connectivity index (χ2v) is 7.98. The molecule has 146 valence electrons. The average Bonchev–Trinajstić information content (AvgIpc) is 3.01. The topological polar surface area (TPSA) is 109 Å². The van der Waals surface area contributed by atoms with Gasteiger partial charge in [0.15, 0.2) is 0 Å². The fourth-order valence-electron chi connectivity index (χ4n) is 3.37. The lowest BCUT2D eigenvalue weighted by Gasteiger charge is -2.39. The van der Waals surface area contributed by atoms with Crippen molar-refractivity contribution in [2.45, 2.75) is 32.2 Å². The van der Waals surface area contributed by atoms with Gasteiger partial charge in [-0.15, -0.1) is 11.3 Å². The summed E-state index contributed by atoms with van der Waals surface area (Å²) in [7, 11) is -1.02. The van der Waals surface area contributed by atoms with Gasteiger partial charge in [0.1, 0.15) is 23.2 Å². The maximum absolute atomic E-state index is 12.3. The van der Waals surface area contributed by atoms with E-state index in [1.54, 1.807) is 17.0 Å². The number of aromatic carboxylic acids is 1. The van der Waals surface area contributed by atoms with Crippen molar-refractivity contribution in [1.82, 2.24) is 9.88 Å². The van der Waals surface area contributed by atoms with E-state index in [1.165, 1.54) is 11.3 Å². The number of nitrogens with zero attached hydrogens (tertiary/aromatic N) is 2. The van der Waals surface area contributed by atoms with E-state index >= 15 is 0 Å². The van der Waals surface area contributed by atoms with E-state index < -0.39 is 13.1 Å². The van der Waals surface area contributed by atoms with E-state index in [9.17, 15) is 19.7 Å². The Hall–Kier alpha value is -2.59. The number of aryl methyl sites for hydroxylation is 2. The van der Waals surface area contributed by atoms with Crippen LogP contribution in [0.3, 0.4) is 0 Å². The van der Waals surface area contributed by atoms with Crippen molar-refractivity contribution >= 4 is 30.3 Å². The van der Waals surface area contributed by atoms with Gasteiger partial charge in [-0.05, 0) is 31.3 Å². The summed E-state index contributed by atoms with van der Waals surface area (Å²) in [5, 5.41) is 22.1. The van der Waals surface area contributed by atoms with Crippen molar-refractivity contribution in [1.29, 1.82) is 0 Å². The fraction of sp³-hybridized carbons (Fsp3) is 0.389. The van der Waals surface area contributed by atoms with Crippen LogP contribution >= 0.6 is 11.3 Å². The zero-order chi connectivity index (χ0) is 19.8. The quantitative estimate of drug-likeness (QED) is 0.728. The number of fused-ring (bicyclic) bond motifs is 1. The molecule has 10 heteroatoms. The smallest absolute Gasteiger partial charge is 0.522 e. The lowest BCUT2D eigenvalue weighted by Crippen LogP contribution is -2.56. The molecule has 1 fully saturated rings. The number of rotatable bonds is 5. The van der Waals surface area contributed by atoms with Crippen molar-refractivity contribution < 1.29 is 29.1 Å². The number of aromatic nitrogens is 1. The van der Waals surface area contributed by atoms with Crippen LogP contribution in [0.1, 0.15) is 26.6 Å². The van der Waals surface area contributed by atoms with Crippen LogP contribution in [-0.2, 0) is 17.6 Å². The zero-order valence-corrected chi connectivity index (χ0v) is 16.1. The zero-order valence-electron chi connectivity index (χ0n) is 15.3. The van der Waals surface area contributed by atoms with Gasteiger partial charge in [0, 0.05) is 5.38 Å². The van der Waals surface area contributed by atoms with Gasteiger partial charge in [0.2, 0.25) is 5.91 Å². The third-order valence-electron chi connectivity index (χ3n) is 4.82. The minimum atomic E-state index is -1.17. The third kappa shape index (κ3) is 3.70. The number of carbonyl (C=O) groups is 2. The van der Waals surface area contributed by atoms with Crippen LogP contribution in [0.5, 0.6) is 11.5 Å². The van der Waals surface area contributed by atoms with Crippen LogP contribution in [0.2, 0.25) is 6.32 Å². The van der Waals surface area contributed by atoms with Crippen molar-refractivity contribution in [2.75, 3.05) is 13.1 Å². The van der Waals surface area contributed by atoms with Crippen LogP contribution in [0.15, 0.2) is 17.5 Å². The Balaban J connectivity index is 1.41. The Morgan fingerprint density at radius 3 is 2.89 bits per heavy atom. The first-order valence-corrected chi connectivity index (χ1v) is 9.88. The largest absolute Gasteiger partial charge is 0.535 e. The van der Waals surface area contributed by atoms with Gasteiger partial charge in [-0.3, -0.25) is 4.79 Å². The van der Waals surface area contributed by atoms with E-state index in [-0.39, 0.29) is 35.5 Å². The summed E-state index contributed by atoms with van der Waals surface area (Å²) < 4.78 is 11.2. The molecule has 1 aromatic carbocycles. The van der Waals surface area contributed by atoms with Crippen molar-refractivity contribution in [3.63, 3.8) is 0 Å². The first-order chi connectivity index (χ1) is 13.4. The summed E-state index contributed by atoms with van der Waals surface area (Å²) in [4.78, 5) is 30.0. The summed E-state index contributed by atoms with van der Waals surface area (Å²) in [5.74, 6) is -0.852. The highest BCUT2D eigenvalue weighted by molar-refractivity contribution is 7.09. The molecule has 0 atom stereocenters. The Morgan fingerprint density at radius 1 is 1.43 bits per heavy atom. The molecule has 3 heterocycles. The van der Waals surface area contributed by atoms with Crippen LogP contribution in [0.25, 0.3) is 0 Å². The third-order valence-corrected chi connectivity index (χ3v) is 5.65. The number of benzene rings is 1. The lowest BCUT2D eigenvalue weighted by molar-refractivity contribution is -0.139. The van der Waals surface area contributed by atoms with Crippen LogP contribution in [0, 0.1) is 6.92 Å². The van der Waals surface area contributed by atoms with Gasteiger partial charge >= 0.3 is 13.1 Å². The molecule has 1 amide bonds. The highest BCUT2D eigenvalue weighted by Crippen LogP contribution is 2.37. The summed E-state index contributed by atoms with van der Waals surface area (Å²) in [6, 6.07) is 3.38. The molecule has 0 unspecified atom stereocenters. The monoisotopic (exact) mass is 402 g/mol. The standard InChI is InChI=1S/C18H19BN2O6S/c1-10-20-12(9-28-10)6-15(22)21-7-13(8-21)26-14-3-2-11-4-5-19(25)27-17(11)16(14)18(23)24/h2-3,9,13,25H,4-8H2,1H3,(H,23,24). The first-order valence-electron chi connectivity index (χ1n) is 9.00. The second kappa shape index (κ2) is 7.44. The summed E-state index contributed by atoms with van der Waals surface area (Å²) >= 11 is 1.51. The number of carboxylic acid groups (broad SMARTS) is 1. The molecular weight excluding hydrogens is 383 g/mol. The van der Waals surface area contributed by atoms with Crippen LogP contribution in [0.4, 0.5) is 0 Å². The molecule has 1 saturated heterocycles. The van der Waals surface area contributed by atoms with E-state index in [4.69, 9.17) is 9.39 Å². The number of carbonyl (C=O) groups excluding carboxylic acids is 1. The van der Waals surface area contributed by atoms with E-state index in [1.807, 2.05) is 12.3 Å². The van der Waals surface area contributed by atoms with E-state index in [0.717, 1.165) is 16.3 Å². The Kier molecular flexibility index (Phi) is 4.99. The van der Waals surface area contributed by atoms with Crippen LogP contribution in [-0.4, -0.2) is 58.2 Å². The maximum Gasteiger partial charge on any atom is 0.522 e. The molecule has 0 saturated carbocycles. The van der Waals surface area contributed by atoms with Gasteiger partial charge in [0.05, 0.1) is 30.2 Å². The molecule has 0 aliphatic carbocycles. The Labute approximate surface area is 165 Å². The van der Waals surface area contributed by atoms with Crippen molar-refractivity contribution in [3.8, 4) is 11.5 Å². The molecule has 1 aromatic heterocycles. The molecule has 2 aliphatic rings. The number of likely N-dealkylation sites (tertiary alicyclic amines) is 1. The normalized spacial score (nSPS) is 16.2. The lowest BCUT2D eigenvalue weighted by atomic mass is 9.78. The molecule has 4 rings (SSSR count). The predicted molar refractivity (Wildman–Crippen MR) is 102 cm³/mol. The van der Waals surface area contributed by atoms with Gasteiger partial charge < -0.3 is 24.4 Å². The minimum absolute atomic E-state index is 0.0273. The average molecular weight is 402 g/mol. The molecular formula is C18H19BN2O6S. The highest BCUT2D eigenvalue weighted by atomic mass is 32.1. The second-order valence-electron chi connectivity index (χ2n) is 6.92. The number of ether oxygens (including phenoxy) is 1. The molecule has 0 bridgehead atoms. The fourth-order valence-corrected chi connectivity index (χ4v) is 3.98.